The minimum Gasteiger partial charge on any atom is -0.508 e. The molecular formula is C18H26N4O7. The Labute approximate surface area is 167 Å². The fraction of sp³-hybridized carbons (Fsp3) is 0.444. The number of benzene rings is 1. The number of phenolic OH excluding ortho intramolecular Hbond substituents is 1. The van der Waals surface area contributed by atoms with Crippen LogP contribution in [0.3, 0.4) is 0 Å². The van der Waals surface area contributed by atoms with Crippen molar-refractivity contribution in [3.63, 3.8) is 0 Å². The summed E-state index contributed by atoms with van der Waals surface area (Å²) in [7, 11) is 0. The lowest BCUT2D eigenvalue weighted by Gasteiger charge is -2.23. The van der Waals surface area contributed by atoms with Crippen LogP contribution in [0.25, 0.3) is 0 Å². The quantitative estimate of drug-likeness (QED) is 0.227. The number of aliphatic hydroxyl groups is 1. The van der Waals surface area contributed by atoms with E-state index in [0.717, 1.165) is 0 Å². The third-order valence-electron chi connectivity index (χ3n) is 4.02. The van der Waals surface area contributed by atoms with E-state index in [9.17, 15) is 24.3 Å². The van der Waals surface area contributed by atoms with Crippen LogP contribution in [0.15, 0.2) is 24.3 Å². The van der Waals surface area contributed by atoms with Crippen LogP contribution in [0, 0.1) is 0 Å². The topological polar surface area (TPSA) is 191 Å². The molecule has 0 saturated carbocycles. The molecular weight excluding hydrogens is 384 g/mol. The second kappa shape index (κ2) is 11.0. The number of hydrogen-bond donors (Lipinski definition) is 7. The van der Waals surface area contributed by atoms with Gasteiger partial charge in [0.2, 0.25) is 17.7 Å². The Bertz CT molecular complexity index is 738. The van der Waals surface area contributed by atoms with Gasteiger partial charge in [-0.2, -0.15) is 0 Å². The maximum absolute atomic E-state index is 12.6. The molecule has 1 aromatic rings. The van der Waals surface area contributed by atoms with Gasteiger partial charge in [-0.25, -0.2) is 0 Å². The van der Waals surface area contributed by atoms with Gasteiger partial charge in [0.15, 0.2) is 0 Å². The molecule has 1 rings (SSSR count). The first-order chi connectivity index (χ1) is 13.5. The van der Waals surface area contributed by atoms with Crippen molar-refractivity contribution in [3.05, 3.63) is 29.8 Å². The average molecular weight is 410 g/mol. The van der Waals surface area contributed by atoms with Gasteiger partial charge in [-0.15, -0.1) is 0 Å². The van der Waals surface area contributed by atoms with Gasteiger partial charge in [0.25, 0.3) is 0 Å². The zero-order valence-corrected chi connectivity index (χ0v) is 16.1. The van der Waals surface area contributed by atoms with Crippen molar-refractivity contribution in [1.29, 1.82) is 0 Å². The molecule has 3 amide bonds. The Balaban J connectivity index is 2.88. The molecule has 8 N–H and O–H groups in total. The SMILES string of the molecule is CC(NC(=O)C(C)NC(=O)C(Cc1ccc(O)cc1)NC(=O)C(N)CO)C(=O)O. The minimum atomic E-state index is -1.23. The highest BCUT2D eigenvalue weighted by atomic mass is 16.4. The Hall–Kier alpha value is -3.18. The summed E-state index contributed by atoms with van der Waals surface area (Å²) in [5.74, 6) is -3.38. The fourth-order valence-corrected chi connectivity index (χ4v) is 2.22. The van der Waals surface area contributed by atoms with Crippen molar-refractivity contribution in [2.45, 2.75) is 44.4 Å². The zero-order valence-electron chi connectivity index (χ0n) is 16.1. The zero-order chi connectivity index (χ0) is 22.1. The summed E-state index contributed by atoms with van der Waals surface area (Å²) in [5, 5.41) is 34.3. The monoisotopic (exact) mass is 410 g/mol. The number of carboxylic acids is 1. The number of carbonyl (C=O) groups is 4. The van der Waals surface area contributed by atoms with Gasteiger partial charge in [-0.3, -0.25) is 19.2 Å². The largest absolute Gasteiger partial charge is 0.508 e. The van der Waals surface area contributed by atoms with Crippen molar-refractivity contribution in [1.82, 2.24) is 16.0 Å². The molecule has 0 radical (unpaired) electrons. The van der Waals surface area contributed by atoms with Crippen molar-refractivity contribution in [2.24, 2.45) is 5.73 Å². The van der Waals surface area contributed by atoms with Gasteiger partial charge >= 0.3 is 5.97 Å². The van der Waals surface area contributed by atoms with Gasteiger partial charge in [0.1, 0.15) is 29.9 Å². The maximum atomic E-state index is 12.6. The third-order valence-corrected chi connectivity index (χ3v) is 4.02. The molecule has 11 heteroatoms. The lowest BCUT2D eigenvalue weighted by molar-refractivity contribution is -0.141. The van der Waals surface area contributed by atoms with Crippen molar-refractivity contribution in [3.8, 4) is 5.75 Å². The summed E-state index contributed by atoms with van der Waals surface area (Å²) < 4.78 is 0. The van der Waals surface area contributed by atoms with Gasteiger partial charge in [0, 0.05) is 6.42 Å². The summed E-state index contributed by atoms with van der Waals surface area (Å²) in [5.41, 5.74) is 6.07. The van der Waals surface area contributed by atoms with Gasteiger partial charge in [-0.1, -0.05) is 12.1 Å². The number of carbonyl (C=O) groups excluding carboxylic acids is 3. The molecule has 0 aromatic heterocycles. The van der Waals surface area contributed by atoms with Gasteiger partial charge < -0.3 is 37.0 Å². The lowest BCUT2D eigenvalue weighted by atomic mass is 10.0. The van der Waals surface area contributed by atoms with E-state index in [0.29, 0.717) is 5.56 Å². The number of carboxylic acid groups (broad SMARTS) is 1. The van der Waals surface area contributed by atoms with Crippen LogP contribution in [0.2, 0.25) is 0 Å². The van der Waals surface area contributed by atoms with Crippen LogP contribution in [0.1, 0.15) is 19.4 Å². The number of aromatic hydroxyl groups is 1. The normalized spacial score (nSPS) is 14.8. The molecule has 29 heavy (non-hydrogen) atoms. The molecule has 160 valence electrons. The van der Waals surface area contributed by atoms with E-state index in [1.165, 1.54) is 26.0 Å². The van der Waals surface area contributed by atoms with E-state index >= 15 is 0 Å². The maximum Gasteiger partial charge on any atom is 0.325 e. The molecule has 1 aromatic carbocycles. The number of nitrogens with two attached hydrogens (primary N) is 1. The molecule has 4 atom stereocenters. The Morgan fingerprint density at radius 1 is 0.931 bits per heavy atom. The molecule has 0 spiro atoms. The van der Waals surface area contributed by atoms with E-state index in [1.807, 2.05) is 0 Å². The van der Waals surface area contributed by atoms with Gasteiger partial charge in [-0.05, 0) is 31.5 Å². The second-order valence-corrected chi connectivity index (χ2v) is 6.52. The summed E-state index contributed by atoms with van der Waals surface area (Å²) in [4.78, 5) is 47.5. The number of hydrogen-bond acceptors (Lipinski definition) is 7. The highest BCUT2D eigenvalue weighted by Crippen LogP contribution is 2.11. The first-order valence-electron chi connectivity index (χ1n) is 8.83. The Morgan fingerprint density at radius 2 is 1.48 bits per heavy atom. The van der Waals surface area contributed by atoms with E-state index in [1.54, 1.807) is 12.1 Å². The smallest absolute Gasteiger partial charge is 0.325 e. The van der Waals surface area contributed by atoms with E-state index in [2.05, 4.69) is 16.0 Å². The standard InChI is InChI=1S/C18H26N4O7/c1-9(15(25)21-10(2)18(28)29)20-17(27)14(22-16(26)13(19)8-23)7-11-3-5-12(24)6-4-11/h3-6,9-10,13-14,23-24H,7-8,19H2,1-2H3,(H,20,27)(H,21,25)(H,22,26)(H,28,29). The van der Waals surface area contributed by atoms with Crippen LogP contribution in [-0.4, -0.2) is 69.8 Å². The first-order valence-corrected chi connectivity index (χ1v) is 8.83. The predicted molar refractivity (Wildman–Crippen MR) is 102 cm³/mol. The number of nitrogens with one attached hydrogen (secondary N) is 3. The number of phenols is 1. The molecule has 0 saturated heterocycles. The van der Waals surface area contributed by atoms with Crippen LogP contribution in [0.4, 0.5) is 0 Å². The van der Waals surface area contributed by atoms with Crippen molar-refractivity contribution in [2.75, 3.05) is 6.61 Å². The third kappa shape index (κ3) is 7.76. The molecule has 4 unspecified atom stereocenters. The highest BCUT2D eigenvalue weighted by molar-refractivity contribution is 5.94. The second-order valence-electron chi connectivity index (χ2n) is 6.52. The molecule has 0 aliphatic carbocycles. The number of aliphatic carboxylic acids is 1. The summed E-state index contributed by atoms with van der Waals surface area (Å²) in [6.07, 6.45) is 0.0237. The molecule has 11 nitrogen and oxygen atoms in total. The van der Waals surface area contributed by atoms with Crippen molar-refractivity contribution < 1.29 is 34.5 Å². The fourth-order valence-electron chi connectivity index (χ4n) is 2.22. The van der Waals surface area contributed by atoms with E-state index in [4.69, 9.17) is 15.9 Å². The van der Waals surface area contributed by atoms with Crippen LogP contribution in [-0.2, 0) is 25.6 Å². The minimum absolute atomic E-state index is 0.0237. The lowest BCUT2D eigenvalue weighted by Crippen LogP contribution is -2.57. The summed E-state index contributed by atoms with van der Waals surface area (Å²) in [6.45, 7) is 2.02. The summed E-state index contributed by atoms with van der Waals surface area (Å²) in [6, 6.07) is 1.35. The molecule has 0 heterocycles. The average Bonchev–Trinajstić information content (AvgIpc) is 2.67. The number of rotatable bonds is 10. The van der Waals surface area contributed by atoms with Crippen LogP contribution >= 0.6 is 0 Å². The number of aliphatic hydroxyl groups excluding tert-OH is 1. The molecule has 0 aliphatic heterocycles. The van der Waals surface area contributed by atoms with Gasteiger partial charge in [0.05, 0.1) is 6.61 Å². The van der Waals surface area contributed by atoms with E-state index in [-0.39, 0.29) is 12.2 Å². The number of amides is 3. The Kier molecular flexibility index (Phi) is 9.03. The first kappa shape index (κ1) is 23.9. The predicted octanol–water partition coefficient (Wildman–Crippen LogP) is -2.17. The molecule has 0 bridgehead atoms. The van der Waals surface area contributed by atoms with Crippen LogP contribution < -0.4 is 21.7 Å². The Morgan fingerprint density at radius 3 is 2.00 bits per heavy atom. The highest BCUT2D eigenvalue weighted by Gasteiger charge is 2.27. The van der Waals surface area contributed by atoms with Crippen LogP contribution in [0.5, 0.6) is 5.75 Å². The molecule has 0 aliphatic rings. The summed E-state index contributed by atoms with van der Waals surface area (Å²) >= 11 is 0. The van der Waals surface area contributed by atoms with E-state index < -0.39 is 54.5 Å². The van der Waals surface area contributed by atoms with Crippen molar-refractivity contribution >= 4 is 23.7 Å². The molecule has 0 fully saturated rings.